The van der Waals surface area contributed by atoms with Crippen molar-refractivity contribution in [2.45, 2.75) is 33.4 Å². The third-order valence-electron chi connectivity index (χ3n) is 6.68. The summed E-state index contributed by atoms with van der Waals surface area (Å²) in [4.78, 5) is 13.1. The molecule has 1 aliphatic heterocycles. The van der Waals surface area contributed by atoms with Crippen molar-refractivity contribution in [3.8, 4) is 5.75 Å². The maximum atomic E-state index is 6.27. The Balaban J connectivity index is 1.61. The number of amidine groups is 1. The molecule has 4 rings (SSSR count). The highest BCUT2D eigenvalue weighted by atomic mass is 32.1. The number of hydrogen-bond donors (Lipinski definition) is 1. The number of rotatable bonds is 11. The monoisotopic (exact) mass is 491 g/mol. The first kappa shape index (κ1) is 25.1. The second-order valence-corrected chi connectivity index (χ2v) is 9.69. The Hall–Kier alpha value is -3.03. The SMILES string of the molecule is CCOc1ccc(CC2N(C)c3cc(N=C(N)c4cccs4)ccc3N2CCN(CC)CC)cc1. The number of ether oxygens (including phenoxy) is 1. The number of likely N-dealkylation sites (N-methyl/N-ethyl adjacent to an activating group) is 2. The van der Waals surface area contributed by atoms with E-state index in [9.17, 15) is 0 Å². The van der Waals surface area contributed by atoms with Crippen molar-refractivity contribution in [2.24, 2.45) is 10.7 Å². The van der Waals surface area contributed by atoms with E-state index in [2.05, 4.69) is 78.1 Å². The number of fused-ring (bicyclic) bond motifs is 1. The molecule has 0 saturated carbocycles. The molecule has 6 nitrogen and oxygen atoms in total. The lowest BCUT2D eigenvalue weighted by Crippen LogP contribution is -2.46. The highest BCUT2D eigenvalue weighted by Gasteiger charge is 2.33. The Morgan fingerprint density at radius 2 is 1.83 bits per heavy atom. The van der Waals surface area contributed by atoms with Crippen molar-refractivity contribution < 1.29 is 4.74 Å². The smallest absolute Gasteiger partial charge is 0.141 e. The van der Waals surface area contributed by atoms with Gasteiger partial charge >= 0.3 is 0 Å². The van der Waals surface area contributed by atoms with Crippen molar-refractivity contribution >= 4 is 34.2 Å². The molecule has 2 aromatic carbocycles. The summed E-state index contributed by atoms with van der Waals surface area (Å²) in [7, 11) is 2.19. The van der Waals surface area contributed by atoms with Crippen molar-refractivity contribution in [2.75, 3.05) is 49.6 Å². The van der Waals surface area contributed by atoms with Crippen LogP contribution in [0.5, 0.6) is 5.75 Å². The van der Waals surface area contributed by atoms with Crippen LogP contribution in [0.15, 0.2) is 65.0 Å². The zero-order chi connectivity index (χ0) is 24.8. The van der Waals surface area contributed by atoms with Gasteiger partial charge in [0.05, 0.1) is 28.5 Å². The quantitative estimate of drug-likeness (QED) is 0.289. The van der Waals surface area contributed by atoms with Crippen molar-refractivity contribution in [3.05, 3.63) is 70.4 Å². The fraction of sp³-hybridized carbons (Fsp3) is 0.393. The zero-order valence-corrected chi connectivity index (χ0v) is 22.1. The Kier molecular flexibility index (Phi) is 8.31. The number of hydrogen-bond acceptors (Lipinski definition) is 6. The Morgan fingerprint density at radius 3 is 2.49 bits per heavy atom. The minimum atomic E-state index is 0.229. The van der Waals surface area contributed by atoms with Gasteiger partial charge < -0.3 is 25.2 Å². The lowest BCUT2D eigenvalue weighted by atomic mass is 10.1. The summed E-state index contributed by atoms with van der Waals surface area (Å²) in [6.07, 6.45) is 1.15. The van der Waals surface area contributed by atoms with E-state index in [4.69, 9.17) is 15.5 Å². The van der Waals surface area contributed by atoms with Gasteiger partial charge in [-0.25, -0.2) is 4.99 Å². The first-order valence-electron chi connectivity index (χ1n) is 12.5. The highest BCUT2D eigenvalue weighted by Crippen LogP contribution is 2.42. The average Bonchev–Trinajstić information content (AvgIpc) is 3.50. The van der Waals surface area contributed by atoms with Gasteiger partial charge in [-0.3, -0.25) is 0 Å². The minimum absolute atomic E-state index is 0.229. The zero-order valence-electron chi connectivity index (χ0n) is 21.3. The van der Waals surface area contributed by atoms with Crippen LogP contribution in [-0.2, 0) is 6.42 Å². The summed E-state index contributed by atoms with van der Waals surface area (Å²) < 4.78 is 5.64. The predicted octanol–water partition coefficient (Wildman–Crippen LogP) is 5.35. The van der Waals surface area contributed by atoms with Crippen LogP contribution in [-0.4, -0.2) is 56.7 Å². The summed E-state index contributed by atoms with van der Waals surface area (Å²) in [5.74, 6) is 1.48. The minimum Gasteiger partial charge on any atom is -0.494 e. The van der Waals surface area contributed by atoms with E-state index >= 15 is 0 Å². The molecular formula is C28H37N5OS. The van der Waals surface area contributed by atoms with Gasteiger partial charge in [0.2, 0.25) is 0 Å². The lowest BCUT2D eigenvalue weighted by Gasteiger charge is -2.33. The molecule has 0 aliphatic carbocycles. The molecule has 1 aromatic heterocycles. The maximum Gasteiger partial charge on any atom is 0.141 e. The molecule has 1 aliphatic rings. The topological polar surface area (TPSA) is 57.3 Å². The van der Waals surface area contributed by atoms with E-state index in [1.807, 2.05) is 24.4 Å². The molecule has 0 radical (unpaired) electrons. The molecule has 186 valence electrons. The number of anilines is 2. The summed E-state index contributed by atoms with van der Waals surface area (Å²) in [6, 6.07) is 19.0. The predicted molar refractivity (Wildman–Crippen MR) is 150 cm³/mol. The summed E-state index contributed by atoms with van der Waals surface area (Å²) in [5, 5.41) is 2.02. The number of nitrogens with zero attached hydrogens (tertiary/aromatic N) is 4. The molecule has 1 unspecified atom stereocenters. The van der Waals surface area contributed by atoms with Crippen LogP contribution in [0.2, 0.25) is 0 Å². The van der Waals surface area contributed by atoms with Gasteiger partial charge in [-0.1, -0.05) is 32.0 Å². The molecule has 35 heavy (non-hydrogen) atoms. The van der Waals surface area contributed by atoms with E-state index < -0.39 is 0 Å². The maximum absolute atomic E-state index is 6.27. The molecule has 3 aromatic rings. The largest absolute Gasteiger partial charge is 0.494 e. The van der Waals surface area contributed by atoms with E-state index in [-0.39, 0.29) is 6.17 Å². The van der Waals surface area contributed by atoms with E-state index in [0.29, 0.717) is 12.4 Å². The van der Waals surface area contributed by atoms with Crippen LogP contribution in [0.4, 0.5) is 17.1 Å². The number of nitrogens with two attached hydrogens (primary N) is 1. The molecule has 0 amide bonds. The Bertz CT molecular complexity index is 1110. The summed E-state index contributed by atoms with van der Waals surface area (Å²) >= 11 is 1.61. The molecule has 2 heterocycles. The fourth-order valence-electron chi connectivity index (χ4n) is 4.66. The number of aliphatic imine (C=N–C) groups is 1. The second-order valence-electron chi connectivity index (χ2n) is 8.74. The van der Waals surface area contributed by atoms with Gasteiger partial charge in [0, 0.05) is 26.6 Å². The molecule has 1 atom stereocenters. The first-order chi connectivity index (χ1) is 17.0. The molecule has 0 fully saturated rings. The van der Waals surface area contributed by atoms with Crippen LogP contribution in [0.1, 0.15) is 31.2 Å². The third-order valence-corrected chi connectivity index (χ3v) is 7.57. The van der Waals surface area contributed by atoms with Crippen molar-refractivity contribution in [3.63, 3.8) is 0 Å². The standard InChI is InChI=1S/C28H37N5OS/c1-5-32(6-2)16-17-33-24-15-12-22(30-28(29)26-9-8-18-35-26)20-25(24)31(4)27(33)19-21-10-13-23(14-11-21)34-7-3/h8-15,18,20,27H,5-7,16-17,19H2,1-4H3,(H2,29,30). The molecule has 0 spiro atoms. The molecule has 0 saturated heterocycles. The van der Waals surface area contributed by atoms with E-state index in [1.54, 1.807) is 11.3 Å². The van der Waals surface area contributed by atoms with Crippen LogP contribution in [0, 0.1) is 0 Å². The number of benzene rings is 2. The molecule has 2 N–H and O–H groups in total. The molecule has 7 heteroatoms. The van der Waals surface area contributed by atoms with Gasteiger partial charge in [-0.15, -0.1) is 11.3 Å². The second kappa shape index (κ2) is 11.6. The normalized spacial score (nSPS) is 15.7. The van der Waals surface area contributed by atoms with E-state index in [1.165, 1.54) is 16.9 Å². The third kappa shape index (κ3) is 5.80. The molecular weight excluding hydrogens is 454 g/mol. The number of thiophene rings is 1. The Morgan fingerprint density at radius 1 is 1.06 bits per heavy atom. The average molecular weight is 492 g/mol. The summed E-state index contributed by atoms with van der Waals surface area (Å²) in [5.41, 5.74) is 10.9. The summed E-state index contributed by atoms with van der Waals surface area (Å²) in [6.45, 7) is 11.3. The van der Waals surface area contributed by atoms with Crippen LogP contribution in [0.25, 0.3) is 0 Å². The van der Waals surface area contributed by atoms with Crippen LogP contribution < -0.4 is 20.3 Å². The van der Waals surface area contributed by atoms with E-state index in [0.717, 1.165) is 48.9 Å². The van der Waals surface area contributed by atoms with Crippen LogP contribution in [0.3, 0.4) is 0 Å². The fourth-order valence-corrected chi connectivity index (χ4v) is 5.29. The van der Waals surface area contributed by atoms with Gasteiger partial charge in [0.1, 0.15) is 17.8 Å². The van der Waals surface area contributed by atoms with Gasteiger partial charge in [0.25, 0.3) is 0 Å². The van der Waals surface area contributed by atoms with Crippen LogP contribution >= 0.6 is 11.3 Å². The Labute approximate surface area is 213 Å². The lowest BCUT2D eigenvalue weighted by molar-refractivity contribution is 0.306. The first-order valence-corrected chi connectivity index (χ1v) is 13.4. The van der Waals surface area contributed by atoms with Crippen molar-refractivity contribution in [1.29, 1.82) is 0 Å². The molecule has 0 bridgehead atoms. The van der Waals surface area contributed by atoms with Gasteiger partial charge in [-0.05, 0) is 67.4 Å². The highest BCUT2D eigenvalue weighted by molar-refractivity contribution is 7.12. The van der Waals surface area contributed by atoms with Crippen molar-refractivity contribution in [1.82, 2.24) is 4.90 Å². The van der Waals surface area contributed by atoms with Gasteiger partial charge in [-0.2, -0.15) is 0 Å². The van der Waals surface area contributed by atoms with Gasteiger partial charge in [0.15, 0.2) is 0 Å².